The van der Waals surface area contributed by atoms with Gasteiger partial charge < -0.3 is 9.72 Å². The Morgan fingerprint density at radius 3 is 2.14 bits per heavy atom. The quantitative estimate of drug-likeness (QED) is 0.544. The van der Waals surface area contributed by atoms with Crippen molar-refractivity contribution in [2.75, 3.05) is 7.11 Å². The number of benzene rings is 3. The van der Waals surface area contributed by atoms with Gasteiger partial charge >= 0.3 is 5.69 Å². The maximum absolute atomic E-state index is 12.9. The summed E-state index contributed by atoms with van der Waals surface area (Å²) in [5.74, 6) is 0.784. The number of H-pyrrole nitrogens is 1. The van der Waals surface area contributed by atoms with E-state index in [1.165, 1.54) is 5.56 Å². The highest BCUT2D eigenvalue weighted by Gasteiger charge is 2.17. The van der Waals surface area contributed by atoms with Crippen molar-refractivity contribution < 1.29 is 4.74 Å². The van der Waals surface area contributed by atoms with Crippen LogP contribution >= 0.6 is 0 Å². The molecule has 4 nitrogen and oxygen atoms in total. The lowest BCUT2D eigenvalue weighted by atomic mass is 10.0. The number of hydrogen-bond acceptors (Lipinski definition) is 2. The Hall–Kier alpha value is -3.53. The molecule has 0 aliphatic rings. The Morgan fingerprint density at radius 1 is 0.857 bits per heavy atom. The van der Waals surface area contributed by atoms with E-state index >= 15 is 0 Å². The van der Waals surface area contributed by atoms with Crippen LogP contribution in [-0.4, -0.2) is 16.7 Å². The van der Waals surface area contributed by atoms with Crippen LogP contribution in [0.15, 0.2) is 83.7 Å². The van der Waals surface area contributed by atoms with E-state index in [1.807, 2.05) is 54.6 Å². The van der Waals surface area contributed by atoms with E-state index in [9.17, 15) is 4.79 Å². The van der Waals surface area contributed by atoms with Crippen LogP contribution in [0.4, 0.5) is 0 Å². The predicted molar refractivity (Wildman–Crippen MR) is 113 cm³/mol. The monoisotopic (exact) mass is 370 g/mol. The molecular weight excluding hydrogens is 348 g/mol. The van der Waals surface area contributed by atoms with Gasteiger partial charge in [0.15, 0.2) is 0 Å². The van der Waals surface area contributed by atoms with E-state index in [1.54, 1.807) is 11.7 Å². The third-order valence-electron chi connectivity index (χ3n) is 4.87. The zero-order valence-electron chi connectivity index (χ0n) is 16.0. The van der Waals surface area contributed by atoms with Crippen LogP contribution in [0, 0.1) is 6.92 Å². The molecule has 1 N–H and O–H groups in total. The lowest BCUT2D eigenvalue weighted by molar-refractivity contribution is 0.415. The van der Waals surface area contributed by atoms with Crippen molar-refractivity contribution >= 4 is 0 Å². The van der Waals surface area contributed by atoms with Crippen molar-refractivity contribution in [2.45, 2.75) is 13.5 Å². The summed E-state index contributed by atoms with van der Waals surface area (Å²) in [6.45, 7) is 2.57. The van der Waals surface area contributed by atoms with E-state index in [0.717, 1.165) is 33.8 Å². The predicted octanol–water partition coefficient (Wildman–Crippen LogP) is 4.88. The highest BCUT2D eigenvalue weighted by atomic mass is 16.5. The van der Waals surface area contributed by atoms with Gasteiger partial charge in [0, 0.05) is 11.1 Å². The van der Waals surface area contributed by atoms with Crippen LogP contribution in [0.25, 0.3) is 22.5 Å². The molecule has 0 bridgehead atoms. The summed E-state index contributed by atoms with van der Waals surface area (Å²) in [5, 5.41) is 0. The Balaban J connectivity index is 1.89. The molecule has 4 heteroatoms. The van der Waals surface area contributed by atoms with Crippen LogP contribution in [-0.2, 0) is 6.54 Å². The molecule has 0 aliphatic heterocycles. The third kappa shape index (κ3) is 3.49. The molecule has 4 aromatic rings. The molecule has 0 atom stereocenters. The highest BCUT2D eigenvalue weighted by Crippen LogP contribution is 2.31. The summed E-state index contributed by atoms with van der Waals surface area (Å²) in [6, 6.07) is 26.0. The Morgan fingerprint density at radius 2 is 1.50 bits per heavy atom. The second-order valence-corrected chi connectivity index (χ2v) is 6.82. The van der Waals surface area contributed by atoms with Crippen molar-refractivity contribution in [3.05, 3.63) is 100 Å². The lowest BCUT2D eigenvalue weighted by Crippen LogP contribution is -2.18. The minimum atomic E-state index is -0.120. The largest absolute Gasteiger partial charge is 0.497 e. The Kier molecular flexibility index (Phi) is 4.85. The van der Waals surface area contributed by atoms with Crippen LogP contribution < -0.4 is 10.4 Å². The second-order valence-electron chi connectivity index (χ2n) is 6.82. The maximum Gasteiger partial charge on any atom is 0.326 e. The summed E-state index contributed by atoms with van der Waals surface area (Å²) >= 11 is 0. The molecule has 1 heterocycles. The number of aromatic amines is 1. The summed E-state index contributed by atoms with van der Waals surface area (Å²) < 4.78 is 7.07. The first-order valence-corrected chi connectivity index (χ1v) is 9.24. The number of methoxy groups -OCH3 is 1. The van der Waals surface area contributed by atoms with E-state index < -0.39 is 0 Å². The normalized spacial score (nSPS) is 10.8. The van der Waals surface area contributed by atoms with Crippen LogP contribution in [0.1, 0.15) is 11.1 Å². The molecule has 0 fully saturated rings. The number of aromatic nitrogens is 2. The average Bonchev–Trinajstić information content (AvgIpc) is 3.05. The van der Waals surface area contributed by atoms with Crippen LogP contribution in [0.2, 0.25) is 0 Å². The zero-order chi connectivity index (χ0) is 19.5. The van der Waals surface area contributed by atoms with Gasteiger partial charge in [-0.2, -0.15) is 0 Å². The summed E-state index contributed by atoms with van der Waals surface area (Å²) in [7, 11) is 1.64. The molecule has 3 aromatic carbocycles. The van der Waals surface area contributed by atoms with Crippen molar-refractivity contribution in [3.8, 4) is 28.3 Å². The molecule has 0 amide bonds. The summed E-state index contributed by atoms with van der Waals surface area (Å²) in [5.41, 5.74) is 5.79. The molecule has 4 rings (SSSR count). The van der Waals surface area contributed by atoms with Gasteiger partial charge in [-0.25, -0.2) is 4.79 Å². The van der Waals surface area contributed by atoms with E-state index in [4.69, 9.17) is 4.74 Å². The standard InChI is InChI=1S/C24H22N2O2/c1-17-8-10-20(11-9-17)23-22(19-12-14-21(28-2)15-13-19)25-24(27)26(23)16-18-6-4-3-5-7-18/h3-15H,16H2,1-2H3,(H,25,27). The zero-order valence-corrected chi connectivity index (χ0v) is 16.0. The molecule has 28 heavy (non-hydrogen) atoms. The van der Waals surface area contributed by atoms with Crippen molar-refractivity contribution in [3.63, 3.8) is 0 Å². The van der Waals surface area contributed by atoms with Gasteiger partial charge in [0.25, 0.3) is 0 Å². The van der Waals surface area contributed by atoms with Gasteiger partial charge in [0.05, 0.1) is 25.0 Å². The first-order valence-electron chi connectivity index (χ1n) is 9.24. The SMILES string of the molecule is COc1ccc(-c2[nH]c(=O)n(Cc3ccccc3)c2-c2ccc(C)cc2)cc1. The van der Waals surface area contributed by atoms with E-state index in [2.05, 4.69) is 36.2 Å². The molecule has 0 unspecified atom stereocenters. The fourth-order valence-electron chi connectivity index (χ4n) is 3.37. The van der Waals surface area contributed by atoms with E-state index in [0.29, 0.717) is 6.54 Å². The molecule has 0 aliphatic carbocycles. The molecule has 140 valence electrons. The molecule has 1 aromatic heterocycles. The fraction of sp³-hybridized carbons (Fsp3) is 0.125. The molecule has 0 radical (unpaired) electrons. The fourth-order valence-corrected chi connectivity index (χ4v) is 3.37. The van der Waals surface area contributed by atoms with Gasteiger partial charge in [0.1, 0.15) is 5.75 Å². The average molecular weight is 370 g/mol. The Labute approximate surface area is 164 Å². The lowest BCUT2D eigenvalue weighted by Gasteiger charge is -2.11. The molecular formula is C24H22N2O2. The van der Waals surface area contributed by atoms with Crippen molar-refractivity contribution in [2.24, 2.45) is 0 Å². The van der Waals surface area contributed by atoms with E-state index in [-0.39, 0.29) is 5.69 Å². The number of hydrogen-bond donors (Lipinski definition) is 1. The van der Waals surface area contributed by atoms with Gasteiger partial charge in [-0.3, -0.25) is 4.57 Å². The number of nitrogens with zero attached hydrogens (tertiary/aromatic N) is 1. The molecule has 0 saturated heterocycles. The Bertz CT molecular complexity index is 1120. The topological polar surface area (TPSA) is 47.0 Å². The third-order valence-corrected chi connectivity index (χ3v) is 4.87. The van der Waals surface area contributed by atoms with Gasteiger partial charge in [-0.1, -0.05) is 60.2 Å². The van der Waals surface area contributed by atoms with Crippen LogP contribution in [0.5, 0.6) is 5.75 Å². The first-order chi connectivity index (χ1) is 13.7. The highest BCUT2D eigenvalue weighted by molar-refractivity contribution is 5.79. The number of aryl methyl sites for hydroxylation is 1. The van der Waals surface area contributed by atoms with Crippen molar-refractivity contribution in [1.29, 1.82) is 0 Å². The maximum atomic E-state index is 12.9. The number of rotatable bonds is 5. The van der Waals surface area contributed by atoms with Gasteiger partial charge in [0.2, 0.25) is 0 Å². The van der Waals surface area contributed by atoms with Crippen molar-refractivity contribution in [1.82, 2.24) is 9.55 Å². The summed E-state index contributed by atoms with van der Waals surface area (Å²) in [4.78, 5) is 16.0. The number of imidazole rings is 1. The first kappa shape index (κ1) is 17.9. The number of ether oxygens (including phenoxy) is 1. The molecule has 0 saturated carbocycles. The summed E-state index contributed by atoms with van der Waals surface area (Å²) in [6.07, 6.45) is 0. The minimum absolute atomic E-state index is 0.120. The second kappa shape index (κ2) is 7.61. The van der Waals surface area contributed by atoms with Gasteiger partial charge in [-0.15, -0.1) is 0 Å². The van der Waals surface area contributed by atoms with Crippen LogP contribution in [0.3, 0.4) is 0 Å². The minimum Gasteiger partial charge on any atom is -0.497 e. The molecule has 0 spiro atoms. The smallest absolute Gasteiger partial charge is 0.326 e. The van der Waals surface area contributed by atoms with Gasteiger partial charge in [-0.05, 0) is 36.8 Å². The number of nitrogens with one attached hydrogen (secondary N) is 1.